The Bertz CT molecular complexity index is 490. The van der Waals surface area contributed by atoms with Crippen molar-refractivity contribution in [3.63, 3.8) is 0 Å². The number of hydrogen-bond donors (Lipinski definition) is 1. The molecule has 1 heterocycles. The molecule has 16 heavy (non-hydrogen) atoms. The summed E-state index contributed by atoms with van der Waals surface area (Å²) < 4.78 is 6.73. The highest BCUT2D eigenvalue weighted by Gasteiger charge is 2.10. The summed E-state index contributed by atoms with van der Waals surface area (Å²) >= 11 is 3.58. The van der Waals surface area contributed by atoms with Gasteiger partial charge in [0.2, 0.25) is 0 Å². The number of furan rings is 1. The van der Waals surface area contributed by atoms with E-state index in [2.05, 4.69) is 47.2 Å². The van der Waals surface area contributed by atoms with Gasteiger partial charge in [-0.2, -0.15) is 0 Å². The second-order valence-corrected chi connectivity index (χ2v) is 4.86. The molecule has 0 unspecified atom stereocenters. The van der Waals surface area contributed by atoms with Gasteiger partial charge in [0.15, 0.2) is 0 Å². The third kappa shape index (κ3) is 2.15. The molecule has 2 aromatic rings. The normalized spacial score (nSPS) is 11.2. The third-order valence-corrected chi connectivity index (χ3v) is 3.35. The van der Waals surface area contributed by atoms with Crippen LogP contribution in [0, 0.1) is 6.92 Å². The van der Waals surface area contributed by atoms with Gasteiger partial charge in [-0.3, -0.25) is 0 Å². The highest BCUT2D eigenvalue weighted by atomic mass is 79.9. The van der Waals surface area contributed by atoms with Crippen LogP contribution in [-0.2, 0) is 6.54 Å². The molecule has 2 nitrogen and oxygen atoms in total. The molecule has 1 aromatic carbocycles. The molecule has 0 spiro atoms. The summed E-state index contributed by atoms with van der Waals surface area (Å²) in [5.74, 6) is 0. The quantitative estimate of drug-likeness (QED) is 0.857. The number of rotatable bonds is 4. The van der Waals surface area contributed by atoms with Crippen LogP contribution in [0.2, 0.25) is 0 Å². The van der Waals surface area contributed by atoms with Gasteiger partial charge >= 0.3 is 0 Å². The van der Waals surface area contributed by atoms with E-state index in [9.17, 15) is 0 Å². The Morgan fingerprint density at radius 3 is 2.94 bits per heavy atom. The van der Waals surface area contributed by atoms with E-state index in [-0.39, 0.29) is 0 Å². The van der Waals surface area contributed by atoms with Crippen LogP contribution in [0.25, 0.3) is 11.0 Å². The predicted molar refractivity (Wildman–Crippen MR) is 70.6 cm³/mol. The highest BCUT2D eigenvalue weighted by molar-refractivity contribution is 9.10. The number of nitrogens with one attached hydrogen (secondary N) is 1. The molecule has 0 amide bonds. The largest absolute Gasteiger partial charge is 0.464 e. The summed E-state index contributed by atoms with van der Waals surface area (Å²) in [7, 11) is 0. The van der Waals surface area contributed by atoms with Gasteiger partial charge in [0.25, 0.3) is 0 Å². The monoisotopic (exact) mass is 281 g/mol. The Labute approximate surface area is 104 Å². The SMILES string of the molecule is CCCNCc1coc2c(C)ccc(Br)c12. The average Bonchev–Trinajstić information content (AvgIpc) is 2.69. The summed E-state index contributed by atoms with van der Waals surface area (Å²) in [6.07, 6.45) is 3.00. The molecule has 0 aliphatic carbocycles. The number of fused-ring (bicyclic) bond motifs is 1. The molecule has 2 rings (SSSR count). The van der Waals surface area contributed by atoms with Crippen molar-refractivity contribution in [2.24, 2.45) is 0 Å². The fourth-order valence-corrected chi connectivity index (χ4v) is 2.40. The van der Waals surface area contributed by atoms with E-state index in [1.807, 2.05) is 6.26 Å². The van der Waals surface area contributed by atoms with Crippen molar-refractivity contribution in [1.82, 2.24) is 5.32 Å². The highest BCUT2D eigenvalue weighted by Crippen LogP contribution is 2.31. The van der Waals surface area contributed by atoms with Gasteiger partial charge in [-0.15, -0.1) is 0 Å². The molecule has 3 heteroatoms. The van der Waals surface area contributed by atoms with Gasteiger partial charge in [0.1, 0.15) is 5.58 Å². The zero-order valence-electron chi connectivity index (χ0n) is 9.64. The van der Waals surface area contributed by atoms with E-state index in [0.717, 1.165) is 29.6 Å². The van der Waals surface area contributed by atoms with Crippen molar-refractivity contribution >= 4 is 26.9 Å². The molecule has 86 valence electrons. The minimum Gasteiger partial charge on any atom is -0.464 e. The maximum atomic E-state index is 5.62. The second kappa shape index (κ2) is 5.02. The van der Waals surface area contributed by atoms with Crippen molar-refractivity contribution < 1.29 is 4.42 Å². The first kappa shape index (κ1) is 11.7. The van der Waals surface area contributed by atoms with E-state index in [4.69, 9.17) is 4.42 Å². The molecule has 0 fully saturated rings. The molecular weight excluding hydrogens is 266 g/mol. The smallest absolute Gasteiger partial charge is 0.138 e. The molecule has 0 saturated heterocycles. The van der Waals surface area contributed by atoms with Crippen LogP contribution in [0.5, 0.6) is 0 Å². The number of aryl methyl sites for hydroxylation is 1. The minimum absolute atomic E-state index is 0.864. The van der Waals surface area contributed by atoms with Gasteiger partial charge < -0.3 is 9.73 Å². The lowest BCUT2D eigenvalue weighted by molar-refractivity contribution is 0.599. The first-order chi connectivity index (χ1) is 7.74. The maximum Gasteiger partial charge on any atom is 0.138 e. The Kier molecular flexibility index (Phi) is 3.66. The van der Waals surface area contributed by atoms with E-state index in [1.54, 1.807) is 0 Å². The first-order valence-corrected chi connectivity index (χ1v) is 6.39. The van der Waals surface area contributed by atoms with Crippen LogP contribution in [0.15, 0.2) is 27.3 Å². The van der Waals surface area contributed by atoms with Gasteiger partial charge in [-0.05, 0) is 31.5 Å². The predicted octanol–water partition coefficient (Wildman–Crippen LogP) is 4.00. The molecule has 1 N–H and O–H groups in total. The van der Waals surface area contributed by atoms with Gasteiger partial charge in [-0.25, -0.2) is 0 Å². The molecule has 0 aliphatic rings. The van der Waals surface area contributed by atoms with Crippen LogP contribution >= 0.6 is 15.9 Å². The summed E-state index contributed by atoms with van der Waals surface area (Å²) in [4.78, 5) is 0. The van der Waals surface area contributed by atoms with Crippen molar-refractivity contribution in [3.05, 3.63) is 34.0 Å². The van der Waals surface area contributed by atoms with Gasteiger partial charge in [-0.1, -0.05) is 28.9 Å². The van der Waals surface area contributed by atoms with Gasteiger partial charge in [0.05, 0.1) is 6.26 Å². The molecule has 0 saturated carbocycles. The summed E-state index contributed by atoms with van der Waals surface area (Å²) in [5, 5.41) is 4.59. The fraction of sp³-hybridized carbons (Fsp3) is 0.385. The van der Waals surface area contributed by atoms with E-state index in [0.29, 0.717) is 0 Å². The van der Waals surface area contributed by atoms with Gasteiger partial charge in [0, 0.05) is 22.0 Å². The topological polar surface area (TPSA) is 25.2 Å². The Hall–Kier alpha value is -0.800. The van der Waals surface area contributed by atoms with E-state index in [1.165, 1.54) is 16.5 Å². The van der Waals surface area contributed by atoms with Crippen LogP contribution in [-0.4, -0.2) is 6.54 Å². The lowest BCUT2D eigenvalue weighted by atomic mass is 10.1. The number of hydrogen-bond acceptors (Lipinski definition) is 2. The maximum absolute atomic E-state index is 5.62. The van der Waals surface area contributed by atoms with E-state index < -0.39 is 0 Å². The Balaban J connectivity index is 2.36. The second-order valence-electron chi connectivity index (χ2n) is 4.01. The minimum atomic E-state index is 0.864. The number of halogens is 1. The zero-order chi connectivity index (χ0) is 11.5. The lowest BCUT2D eigenvalue weighted by Gasteiger charge is -2.02. The molecular formula is C13H16BrNO. The summed E-state index contributed by atoms with van der Waals surface area (Å²) in [6.45, 7) is 6.14. The lowest BCUT2D eigenvalue weighted by Crippen LogP contribution is -2.13. The Morgan fingerprint density at radius 2 is 2.19 bits per heavy atom. The molecule has 0 aliphatic heterocycles. The Morgan fingerprint density at radius 1 is 1.38 bits per heavy atom. The standard InChI is InChI=1S/C13H16BrNO/c1-3-6-15-7-10-8-16-13-9(2)4-5-11(14)12(10)13/h4-5,8,15H,3,6-7H2,1-2H3. The molecule has 1 aromatic heterocycles. The van der Waals surface area contributed by atoms with Crippen LogP contribution in [0.4, 0.5) is 0 Å². The van der Waals surface area contributed by atoms with Crippen LogP contribution in [0.3, 0.4) is 0 Å². The van der Waals surface area contributed by atoms with E-state index >= 15 is 0 Å². The van der Waals surface area contributed by atoms with Crippen molar-refractivity contribution in [2.45, 2.75) is 26.8 Å². The van der Waals surface area contributed by atoms with Crippen molar-refractivity contribution in [2.75, 3.05) is 6.54 Å². The van der Waals surface area contributed by atoms with Crippen molar-refractivity contribution in [1.29, 1.82) is 0 Å². The molecule has 0 atom stereocenters. The fourth-order valence-electron chi connectivity index (χ4n) is 1.83. The zero-order valence-corrected chi connectivity index (χ0v) is 11.2. The summed E-state index contributed by atoms with van der Waals surface area (Å²) in [5.41, 5.74) is 3.39. The first-order valence-electron chi connectivity index (χ1n) is 5.60. The van der Waals surface area contributed by atoms with Crippen LogP contribution < -0.4 is 5.32 Å². The average molecular weight is 282 g/mol. The van der Waals surface area contributed by atoms with Crippen LogP contribution in [0.1, 0.15) is 24.5 Å². The molecule has 0 bridgehead atoms. The van der Waals surface area contributed by atoms with Crippen molar-refractivity contribution in [3.8, 4) is 0 Å². The third-order valence-electron chi connectivity index (χ3n) is 2.69. The molecule has 0 radical (unpaired) electrons. The summed E-state index contributed by atoms with van der Waals surface area (Å²) in [6, 6.07) is 4.15. The number of benzene rings is 1.